The third-order valence-electron chi connectivity index (χ3n) is 2.75. The Bertz CT molecular complexity index is 548. The number of nitrogens with two attached hydrogens (primary N) is 1. The van der Waals surface area contributed by atoms with E-state index in [4.69, 9.17) is 10.8 Å². The maximum Gasteiger partial charge on any atom is 0.326 e. The summed E-state index contributed by atoms with van der Waals surface area (Å²) in [6.07, 6.45) is 0.707. The second kappa shape index (κ2) is 4.52. The molecule has 0 aromatic carbocycles. The molecule has 0 aliphatic carbocycles. The maximum atomic E-state index is 11.9. The fraction of sp³-hybridized carbons (Fsp3) is 0.300. The van der Waals surface area contributed by atoms with Crippen LogP contribution in [0.3, 0.4) is 0 Å². The Kier molecular flexibility index (Phi) is 3.03. The topological polar surface area (TPSA) is 146 Å². The number of nitrogens with zero attached hydrogens (tertiary/aromatic N) is 2. The van der Waals surface area contributed by atoms with Crippen LogP contribution in [0.2, 0.25) is 0 Å². The zero-order valence-electron chi connectivity index (χ0n) is 9.62. The molecule has 2 heterocycles. The first-order valence-electron chi connectivity index (χ1n) is 5.36. The van der Waals surface area contributed by atoms with Crippen molar-refractivity contribution >= 4 is 23.7 Å². The first kappa shape index (κ1) is 12.7. The molecular weight excluding hydrogens is 256 g/mol. The normalized spacial score (nSPS) is 15.5. The summed E-state index contributed by atoms with van der Waals surface area (Å²) in [4.78, 5) is 52.4. The quantitative estimate of drug-likeness (QED) is 0.566. The van der Waals surface area contributed by atoms with Gasteiger partial charge in [0.1, 0.15) is 11.7 Å². The number of carbonyl (C=O) groups excluding carboxylic acids is 3. The summed E-state index contributed by atoms with van der Waals surface area (Å²) in [6.45, 7) is 0. The summed E-state index contributed by atoms with van der Waals surface area (Å²) in [6, 6.07) is -1.44. The van der Waals surface area contributed by atoms with Crippen LogP contribution >= 0.6 is 0 Å². The van der Waals surface area contributed by atoms with Crippen LogP contribution < -0.4 is 5.73 Å². The molecule has 1 aromatic heterocycles. The monoisotopic (exact) mass is 266 g/mol. The Labute approximate surface area is 106 Å². The average molecular weight is 266 g/mol. The van der Waals surface area contributed by atoms with E-state index in [9.17, 15) is 19.2 Å². The smallest absolute Gasteiger partial charge is 0.326 e. The number of aromatic amines is 1. The number of hydrogen-bond donors (Lipinski definition) is 3. The van der Waals surface area contributed by atoms with Gasteiger partial charge in [-0.2, -0.15) is 0 Å². The molecule has 100 valence electrons. The van der Waals surface area contributed by atoms with Crippen molar-refractivity contribution in [3.05, 3.63) is 17.7 Å². The molecule has 1 atom stereocenters. The predicted octanol–water partition coefficient (Wildman–Crippen LogP) is -1.28. The van der Waals surface area contributed by atoms with E-state index in [0.717, 1.165) is 0 Å². The summed E-state index contributed by atoms with van der Waals surface area (Å²) in [5.74, 6) is -3.65. The van der Waals surface area contributed by atoms with Crippen molar-refractivity contribution in [2.45, 2.75) is 18.9 Å². The molecule has 1 aliphatic heterocycles. The van der Waals surface area contributed by atoms with Crippen LogP contribution in [-0.4, -0.2) is 49.7 Å². The number of nitrogens with one attached hydrogen (secondary N) is 1. The van der Waals surface area contributed by atoms with E-state index in [2.05, 4.69) is 9.97 Å². The highest BCUT2D eigenvalue weighted by Crippen LogP contribution is 2.23. The molecule has 3 amide bonds. The molecule has 4 N–H and O–H groups in total. The molecule has 19 heavy (non-hydrogen) atoms. The van der Waals surface area contributed by atoms with Crippen molar-refractivity contribution in [2.24, 2.45) is 5.73 Å². The number of primary amides is 1. The summed E-state index contributed by atoms with van der Waals surface area (Å²) < 4.78 is 0. The van der Waals surface area contributed by atoms with Gasteiger partial charge in [0.15, 0.2) is 5.69 Å². The highest BCUT2D eigenvalue weighted by molar-refractivity contribution is 6.20. The third-order valence-corrected chi connectivity index (χ3v) is 2.75. The van der Waals surface area contributed by atoms with E-state index in [0.29, 0.717) is 4.90 Å². The van der Waals surface area contributed by atoms with Crippen LogP contribution in [0.5, 0.6) is 0 Å². The number of aliphatic carboxylic acids is 1. The van der Waals surface area contributed by atoms with Gasteiger partial charge in [0, 0.05) is 6.42 Å². The summed E-state index contributed by atoms with van der Waals surface area (Å²) >= 11 is 0. The van der Waals surface area contributed by atoms with Gasteiger partial charge in [-0.15, -0.1) is 0 Å². The summed E-state index contributed by atoms with van der Waals surface area (Å²) in [7, 11) is 0. The van der Waals surface area contributed by atoms with Crippen LogP contribution in [0.25, 0.3) is 0 Å². The zero-order chi connectivity index (χ0) is 14.2. The number of carboxylic acid groups (broad SMARTS) is 1. The van der Waals surface area contributed by atoms with Gasteiger partial charge in [0.2, 0.25) is 5.91 Å². The first-order chi connectivity index (χ1) is 8.93. The fourth-order valence-electron chi connectivity index (χ4n) is 1.87. The standard InChI is InChI=1S/C10H10N4O5/c11-5(15)2-1-4(10(18)19)14-8(16)6-7(9(14)17)13-3-12-6/h3-4H,1-2H2,(H2,11,15)(H,12,13)(H,18,19). The molecule has 0 saturated carbocycles. The summed E-state index contributed by atoms with van der Waals surface area (Å²) in [5.41, 5.74) is 4.77. The fourth-order valence-corrected chi connectivity index (χ4v) is 1.87. The highest BCUT2D eigenvalue weighted by Gasteiger charge is 2.44. The predicted molar refractivity (Wildman–Crippen MR) is 58.9 cm³/mol. The van der Waals surface area contributed by atoms with E-state index < -0.39 is 29.7 Å². The van der Waals surface area contributed by atoms with Gasteiger partial charge in [0.05, 0.1) is 6.33 Å². The number of hydrogen-bond acceptors (Lipinski definition) is 5. The molecule has 0 saturated heterocycles. The Morgan fingerprint density at radius 2 is 2.11 bits per heavy atom. The third kappa shape index (κ3) is 2.05. The lowest BCUT2D eigenvalue weighted by atomic mass is 10.1. The van der Waals surface area contributed by atoms with Gasteiger partial charge in [-0.05, 0) is 6.42 Å². The Morgan fingerprint density at radius 1 is 1.42 bits per heavy atom. The molecule has 1 aliphatic rings. The zero-order valence-corrected chi connectivity index (χ0v) is 9.62. The second-order valence-electron chi connectivity index (χ2n) is 3.97. The number of imidazole rings is 1. The molecule has 1 unspecified atom stereocenters. The van der Waals surface area contributed by atoms with E-state index in [-0.39, 0.29) is 24.2 Å². The van der Waals surface area contributed by atoms with Gasteiger partial charge in [-0.1, -0.05) is 0 Å². The Hall–Kier alpha value is -2.71. The molecule has 0 spiro atoms. The number of fused-ring (bicyclic) bond motifs is 1. The van der Waals surface area contributed by atoms with Crippen molar-refractivity contribution < 1.29 is 24.3 Å². The van der Waals surface area contributed by atoms with Crippen molar-refractivity contribution in [1.29, 1.82) is 0 Å². The minimum atomic E-state index is -1.44. The maximum absolute atomic E-state index is 11.9. The molecule has 9 heteroatoms. The molecule has 1 aromatic rings. The van der Waals surface area contributed by atoms with Gasteiger partial charge in [-0.25, -0.2) is 9.78 Å². The lowest BCUT2D eigenvalue weighted by molar-refractivity contribution is -0.141. The Morgan fingerprint density at radius 3 is 2.63 bits per heavy atom. The minimum absolute atomic E-state index is 0.0460. The van der Waals surface area contributed by atoms with Gasteiger partial charge >= 0.3 is 5.97 Å². The summed E-state index contributed by atoms with van der Waals surface area (Å²) in [5, 5.41) is 9.07. The van der Waals surface area contributed by atoms with Crippen LogP contribution in [0.1, 0.15) is 33.8 Å². The number of carboxylic acids is 1. The van der Waals surface area contributed by atoms with E-state index >= 15 is 0 Å². The number of carbonyl (C=O) groups is 4. The van der Waals surface area contributed by atoms with Crippen molar-refractivity contribution in [3.63, 3.8) is 0 Å². The van der Waals surface area contributed by atoms with Crippen molar-refractivity contribution in [2.75, 3.05) is 0 Å². The molecule has 0 radical (unpaired) electrons. The van der Waals surface area contributed by atoms with E-state index in [1.54, 1.807) is 0 Å². The van der Waals surface area contributed by atoms with E-state index in [1.807, 2.05) is 0 Å². The number of imide groups is 1. The first-order valence-corrected chi connectivity index (χ1v) is 5.36. The lowest BCUT2D eigenvalue weighted by Crippen LogP contribution is -2.45. The van der Waals surface area contributed by atoms with Gasteiger partial charge in [-0.3, -0.25) is 19.3 Å². The molecule has 9 nitrogen and oxygen atoms in total. The van der Waals surface area contributed by atoms with Gasteiger partial charge in [0.25, 0.3) is 11.8 Å². The number of H-pyrrole nitrogens is 1. The second-order valence-corrected chi connectivity index (χ2v) is 3.97. The molecule has 2 rings (SSSR count). The Balaban J connectivity index is 2.27. The molecule has 0 bridgehead atoms. The highest BCUT2D eigenvalue weighted by atomic mass is 16.4. The lowest BCUT2D eigenvalue weighted by Gasteiger charge is -2.21. The van der Waals surface area contributed by atoms with Crippen molar-refractivity contribution in [1.82, 2.24) is 14.9 Å². The van der Waals surface area contributed by atoms with Gasteiger partial charge < -0.3 is 15.8 Å². The van der Waals surface area contributed by atoms with Crippen LogP contribution in [-0.2, 0) is 9.59 Å². The largest absolute Gasteiger partial charge is 0.480 e. The van der Waals surface area contributed by atoms with Crippen LogP contribution in [0.4, 0.5) is 0 Å². The van der Waals surface area contributed by atoms with Crippen molar-refractivity contribution in [3.8, 4) is 0 Å². The number of amides is 3. The molecular formula is C10H10N4O5. The number of rotatable bonds is 5. The van der Waals surface area contributed by atoms with Crippen LogP contribution in [0.15, 0.2) is 6.33 Å². The SMILES string of the molecule is NC(=O)CCC(C(=O)O)N1C(=O)c2nc[nH]c2C1=O. The average Bonchev–Trinajstić information content (AvgIpc) is 2.87. The van der Waals surface area contributed by atoms with E-state index in [1.165, 1.54) is 6.33 Å². The number of aromatic nitrogens is 2. The minimum Gasteiger partial charge on any atom is -0.480 e. The molecule has 0 fully saturated rings. The van der Waals surface area contributed by atoms with Crippen LogP contribution in [0, 0.1) is 0 Å².